The molecular weight excluding hydrogens is 238 g/mol. The van der Waals surface area contributed by atoms with E-state index in [4.69, 9.17) is 5.73 Å². The zero-order valence-corrected chi connectivity index (χ0v) is 9.55. The zero-order chi connectivity index (χ0) is 12.3. The van der Waals surface area contributed by atoms with Gasteiger partial charge in [0.1, 0.15) is 5.03 Å². The molecule has 0 spiro atoms. The fourth-order valence-corrected chi connectivity index (χ4v) is 2.12. The average molecular weight is 247 g/mol. The molecule has 1 aromatic carbocycles. The summed E-state index contributed by atoms with van der Waals surface area (Å²) in [6.45, 7) is 0. The van der Waals surface area contributed by atoms with E-state index in [2.05, 4.69) is 4.98 Å². The fraction of sp³-hybridized carbons (Fsp3) is 0. The molecule has 0 atom stereocenters. The van der Waals surface area contributed by atoms with Gasteiger partial charge in [0, 0.05) is 6.07 Å². The predicted molar refractivity (Wildman–Crippen MR) is 65.9 cm³/mol. The van der Waals surface area contributed by atoms with Gasteiger partial charge in [0.05, 0.1) is 21.7 Å². The van der Waals surface area contributed by atoms with Crippen LogP contribution in [0.5, 0.6) is 0 Å². The topological polar surface area (TPSA) is 82.0 Å². The molecule has 0 saturated carbocycles. The van der Waals surface area contributed by atoms with Gasteiger partial charge in [-0.25, -0.2) is 4.98 Å². The van der Waals surface area contributed by atoms with Gasteiger partial charge in [-0.15, -0.1) is 0 Å². The highest BCUT2D eigenvalue weighted by Gasteiger charge is 2.13. The third-order valence-corrected chi connectivity index (χ3v) is 3.05. The second-order valence-corrected chi connectivity index (χ2v) is 4.32. The lowest BCUT2D eigenvalue weighted by molar-refractivity contribution is -0.387. The molecule has 0 amide bonds. The summed E-state index contributed by atoms with van der Waals surface area (Å²) in [5.74, 6) is 0. The first-order valence-corrected chi connectivity index (χ1v) is 5.61. The second-order valence-electron chi connectivity index (χ2n) is 3.26. The zero-order valence-electron chi connectivity index (χ0n) is 8.74. The average Bonchev–Trinajstić information content (AvgIpc) is 2.32. The van der Waals surface area contributed by atoms with Gasteiger partial charge in [-0.2, -0.15) is 0 Å². The number of anilines is 1. The molecule has 5 nitrogen and oxygen atoms in total. The van der Waals surface area contributed by atoms with Crippen LogP contribution in [0.25, 0.3) is 0 Å². The number of pyridine rings is 1. The third kappa shape index (κ3) is 2.73. The number of nitro groups is 1. The van der Waals surface area contributed by atoms with Crippen LogP contribution in [0.1, 0.15) is 0 Å². The van der Waals surface area contributed by atoms with Crippen LogP contribution in [0.2, 0.25) is 0 Å². The van der Waals surface area contributed by atoms with Crippen molar-refractivity contribution in [3.63, 3.8) is 0 Å². The summed E-state index contributed by atoms with van der Waals surface area (Å²) in [7, 11) is 0. The maximum atomic E-state index is 10.8. The Labute approximate surface area is 102 Å². The third-order valence-electron chi connectivity index (χ3n) is 2.04. The quantitative estimate of drug-likeness (QED) is 0.666. The van der Waals surface area contributed by atoms with E-state index in [9.17, 15) is 10.1 Å². The number of nitrogen functional groups attached to an aromatic ring is 1. The van der Waals surface area contributed by atoms with Crippen LogP contribution in [0.3, 0.4) is 0 Å². The van der Waals surface area contributed by atoms with Crippen molar-refractivity contribution in [3.8, 4) is 0 Å². The molecule has 0 fully saturated rings. The molecule has 0 bridgehead atoms. The summed E-state index contributed by atoms with van der Waals surface area (Å²) in [5.41, 5.74) is 6.16. The molecule has 0 saturated heterocycles. The van der Waals surface area contributed by atoms with Crippen molar-refractivity contribution in [1.82, 2.24) is 4.98 Å². The minimum Gasteiger partial charge on any atom is -0.397 e. The fourth-order valence-electron chi connectivity index (χ4n) is 1.26. The van der Waals surface area contributed by atoms with Crippen molar-refractivity contribution in [2.45, 2.75) is 9.92 Å². The number of hydrogen-bond donors (Lipinski definition) is 1. The molecular formula is C11H9N3O2S. The number of aromatic nitrogens is 1. The number of nitrogens with zero attached hydrogens (tertiary/aromatic N) is 2. The van der Waals surface area contributed by atoms with Gasteiger partial charge in [0.15, 0.2) is 0 Å². The van der Waals surface area contributed by atoms with Crippen LogP contribution in [-0.2, 0) is 0 Å². The predicted octanol–water partition coefficient (Wildman–Crippen LogP) is 2.72. The highest BCUT2D eigenvalue weighted by Crippen LogP contribution is 2.33. The Kier molecular flexibility index (Phi) is 3.24. The standard InChI is InChI=1S/C11H9N3O2S/c12-8-5-6-11(13-7-8)17-10-4-2-1-3-9(10)14(15)16/h1-7H,12H2. The number of hydrogen-bond acceptors (Lipinski definition) is 5. The van der Waals surface area contributed by atoms with E-state index in [1.54, 1.807) is 30.3 Å². The van der Waals surface area contributed by atoms with E-state index in [1.165, 1.54) is 24.0 Å². The maximum Gasteiger partial charge on any atom is 0.283 e. The smallest absolute Gasteiger partial charge is 0.283 e. The molecule has 2 rings (SSSR count). The molecule has 1 heterocycles. The van der Waals surface area contributed by atoms with Crippen LogP contribution < -0.4 is 5.73 Å². The maximum absolute atomic E-state index is 10.8. The van der Waals surface area contributed by atoms with Crippen LogP contribution >= 0.6 is 11.8 Å². The van der Waals surface area contributed by atoms with Gasteiger partial charge in [-0.05, 0) is 18.2 Å². The SMILES string of the molecule is Nc1ccc(Sc2ccccc2[N+](=O)[O-])nc1. The van der Waals surface area contributed by atoms with Crippen LogP contribution in [-0.4, -0.2) is 9.91 Å². The molecule has 2 N–H and O–H groups in total. The monoisotopic (exact) mass is 247 g/mol. The normalized spacial score (nSPS) is 10.1. The molecule has 86 valence electrons. The van der Waals surface area contributed by atoms with E-state index in [-0.39, 0.29) is 5.69 Å². The van der Waals surface area contributed by atoms with Crippen molar-refractivity contribution in [2.24, 2.45) is 0 Å². The van der Waals surface area contributed by atoms with Crippen molar-refractivity contribution in [1.29, 1.82) is 0 Å². The van der Waals surface area contributed by atoms with Crippen molar-refractivity contribution >= 4 is 23.1 Å². The van der Waals surface area contributed by atoms with E-state index in [1.807, 2.05) is 0 Å². The number of benzene rings is 1. The van der Waals surface area contributed by atoms with Gasteiger partial charge in [-0.1, -0.05) is 23.9 Å². The van der Waals surface area contributed by atoms with Gasteiger partial charge in [0.25, 0.3) is 5.69 Å². The molecule has 0 radical (unpaired) electrons. The van der Waals surface area contributed by atoms with E-state index in [0.717, 1.165) is 0 Å². The lowest BCUT2D eigenvalue weighted by atomic mass is 10.3. The lowest BCUT2D eigenvalue weighted by Gasteiger charge is -2.02. The molecule has 6 heteroatoms. The number of rotatable bonds is 3. The molecule has 0 unspecified atom stereocenters. The summed E-state index contributed by atoms with van der Waals surface area (Å²) >= 11 is 1.24. The first-order chi connectivity index (χ1) is 8.16. The minimum atomic E-state index is -0.403. The van der Waals surface area contributed by atoms with Gasteiger partial charge < -0.3 is 5.73 Å². The summed E-state index contributed by atoms with van der Waals surface area (Å²) in [5, 5.41) is 11.5. The van der Waals surface area contributed by atoms with Crippen LogP contribution in [0.4, 0.5) is 11.4 Å². The van der Waals surface area contributed by atoms with E-state index >= 15 is 0 Å². The highest BCUT2D eigenvalue weighted by molar-refractivity contribution is 7.99. The van der Waals surface area contributed by atoms with Crippen LogP contribution in [0.15, 0.2) is 52.5 Å². The Morgan fingerprint density at radius 1 is 1.24 bits per heavy atom. The summed E-state index contributed by atoms with van der Waals surface area (Å²) in [6.07, 6.45) is 1.52. The number of nitro benzene ring substituents is 1. The number of nitrogens with two attached hydrogens (primary N) is 1. The van der Waals surface area contributed by atoms with Crippen LogP contribution in [0, 0.1) is 10.1 Å². The lowest BCUT2D eigenvalue weighted by Crippen LogP contribution is -1.91. The molecule has 2 aromatic rings. The van der Waals surface area contributed by atoms with Crippen molar-refractivity contribution < 1.29 is 4.92 Å². The molecule has 0 aliphatic carbocycles. The van der Waals surface area contributed by atoms with Gasteiger partial charge in [-0.3, -0.25) is 10.1 Å². The molecule has 1 aromatic heterocycles. The Hall–Kier alpha value is -2.08. The van der Waals surface area contributed by atoms with Gasteiger partial charge >= 0.3 is 0 Å². The Bertz CT molecular complexity index is 543. The summed E-state index contributed by atoms with van der Waals surface area (Å²) < 4.78 is 0. The molecule has 17 heavy (non-hydrogen) atoms. The summed E-state index contributed by atoms with van der Waals surface area (Å²) in [6, 6.07) is 10.0. The van der Waals surface area contributed by atoms with Gasteiger partial charge in [0.2, 0.25) is 0 Å². The largest absolute Gasteiger partial charge is 0.397 e. The molecule has 0 aliphatic heterocycles. The first-order valence-electron chi connectivity index (χ1n) is 4.79. The van der Waals surface area contributed by atoms with E-state index < -0.39 is 4.92 Å². The summed E-state index contributed by atoms with van der Waals surface area (Å²) in [4.78, 5) is 15.1. The van der Waals surface area contributed by atoms with Crippen molar-refractivity contribution in [3.05, 3.63) is 52.7 Å². The Morgan fingerprint density at radius 2 is 2.00 bits per heavy atom. The Balaban J connectivity index is 2.30. The second kappa shape index (κ2) is 4.84. The minimum absolute atomic E-state index is 0.0797. The van der Waals surface area contributed by atoms with Crippen molar-refractivity contribution in [2.75, 3.05) is 5.73 Å². The number of para-hydroxylation sites is 1. The first kappa shape index (κ1) is 11.4. The highest BCUT2D eigenvalue weighted by atomic mass is 32.2. The Morgan fingerprint density at radius 3 is 2.65 bits per heavy atom. The van der Waals surface area contributed by atoms with E-state index in [0.29, 0.717) is 15.6 Å². The molecule has 0 aliphatic rings.